The zero-order valence-corrected chi connectivity index (χ0v) is 12.0. The van der Waals surface area contributed by atoms with Gasteiger partial charge in [0.15, 0.2) is 5.78 Å². The number of halogens is 1. The van der Waals surface area contributed by atoms with E-state index in [-0.39, 0.29) is 18.1 Å². The van der Waals surface area contributed by atoms with Crippen molar-refractivity contribution in [3.8, 4) is 11.4 Å². The average molecular weight is 302 g/mol. The number of hydrogen-bond acceptors (Lipinski definition) is 5. The Labute approximate surface area is 124 Å². The van der Waals surface area contributed by atoms with E-state index in [0.29, 0.717) is 16.3 Å². The lowest BCUT2D eigenvalue weighted by atomic mass is 10.2. The molecule has 0 aliphatic carbocycles. The molecule has 2 aromatic heterocycles. The van der Waals surface area contributed by atoms with Gasteiger partial charge in [-0.05, 0) is 36.4 Å². The standard InChI is InChI=1S/C14H11FN4OS/c1-9-5-6-13(21-9)12(20)8-19-17-14(16-18-19)10-3-2-4-11(15)7-10/h2-7H,8H2,1H3. The summed E-state index contributed by atoms with van der Waals surface area (Å²) in [7, 11) is 0. The number of ketones is 1. The summed E-state index contributed by atoms with van der Waals surface area (Å²) in [5, 5.41) is 11.8. The van der Waals surface area contributed by atoms with Crippen LogP contribution in [0.1, 0.15) is 14.5 Å². The van der Waals surface area contributed by atoms with E-state index in [4.69, 9.17) is 0 Å². The van der Waals surface area contributed by atoms with Gasteiger partial charge in [0.05, 0.1) is 4.88 Å². The quantitative estimate of drug-likeness (QED) is 0.695. The van der Waals surface area contributed by atoms with Gasteiger partial charge in [0, 0.05) is 10.4 Å². The number of benzene rings is 1. The molecule has 3 aromatic rings. The Morgan fingerprint density at radius 1 is 1.33 bits per heavy atom. The minimum atomic E-state index is -0.367. The molecule has 0 amide bonds. The normalized spacial score (nSPS) is 10.8. The van der Waals surface area contributed by atoms with Crippen molar-refractivity contribution in [3.63, 3.8) is 0 Å². The van der Waals surface area contributed by atoms with Crippen molar-refractivity contribution in [3.05, 3.63) is 52.0 Å². The van der Waals surface area contributed by atoms with Crippen LogP contribution in [0.5, 0.6) is 0 Å². The lowest BCUT2D eigenvalue weighted by molar-refractivity contribution is 0.0965. The van der Waals surface area contributed by atoms with Gasteiger partial charge in [-0.1, -0.05) is 12.1 Å². The SMILES string of the molecule is Cc1ccc(C(=O)Cn2nnc(-c3cccc(F)c3)n2)s1. The van der Waals surface area contributed by atoms with Crippen LogP contribution in [-0.2, 0) is 6.54 Å². The first kappa shape index (κ1) is 13.6. The highest BCUT2D eigenvalue weighted by molar-refractivity contribution is 7.14. The van der Waals surface area contributed by atoms with Crippen LogP contribution < -0.4 is 0 Å². The first-order valence-electron chi connectivity index (χ1n) is 6.25. The molecule has 0 spiro atoms. The minimum absolute atomic E-state index is 0.0161. The van der Waals surface area contributed by atoms with E-state index < -0.39 is 0 Å². The van der Waals surface area contributed by atoms with E-state index in [1.165, 1.54) is 28.3 Å². The Kier molecular flexibility index (Phi) is 3.57. The molecule has 0 fully saturated rings. The molecular weight excluding hydrogens is 291 g/mol. The molecule has 106 valence electrons. The molecule has 21 heavy (non-hydrogen) atoms. The summed E-state index contributed by atoms with van der Waals surface area (Å²) in [4.78, 5) is 15.0. The molecule has 0 N–H and O–H groups in total. The number of thiophene rings is 1. The summed E-state index contributed by atoms with van der Waals surface area (Å²) < 4.78 is 13.2. The number of carbonyl (C=O) groups is 1. The summed E-state index contributed by atoms with van der Waals surface area (Å²) in [5.74, 6) is -0.144. The van der Waals surface area contributed by atoms with Gasteiger partial charge < -0.3 is 0 Å². The Hall–Kier alpha value is -2.41. The highest BCUT2D eigenvalue weighted by atomic mass is 32.1. The molecule has 0 saturated heterocycles. The summed E-state index contributed by atoms with van der Waals surface area (Å²) in [6.07, 6.45) is 0. The van der Waals surface area contributed by atoms with E-state index in [2.05, 4.69) is 15.4 Å². The Morgan fingerprint density at radius 3 is 2.90 bits per heavy atom. The zero-order valence-electron chi connectivity index (χ0n) is 11.2. The summed E-state index contributed by atoms with van der Waals surface area (Å²) in [6, 6.07) is 9.61. The maximum Gasteiger partial charge on any atom is 0.205 e. The number of nitrogens with zero attached hydrogens (tertiary/aromatic N) is 4. The molecule has 1 aromatic carbocycles. The molecule has 5 nitrogen and oxygen atoms in total. The Bertz CT molecular complexity index is 796. The molecule has 0 aliphatic heterocycles. The summed E-state index contributed by atoms with van der Waals surface area (Å²) in [6.45, 7) is 1.96. The number of tetrazole rings is 1. The molecule has 0 radical (unpaired) electrons. The second kappa shape index (κ2) is 5.53. The van der Waals surface area contributed by atoms with Crippen molar-refractivity contribution < 1.29 is 9.18 Å². The highest BCUT2D eigenvalue weighted by Crippen LogP contribution is 2.17. The summed E-state index contributed by atoms with van der Waals surface area (Å²) >= 11 is 1.43. The van der Waals surface area contributed by atoms with E-state index >= 15 is 0 Å². The molecule has 2 heterocycles. The maximum atomic E-state index is 13.2. The van der Waals surface area contributed by atoms with Gasteiger partial charge in [0.2, 0.25) is 5.82 Å². The predicted molar refractivity (Wildman–Crippen MR) is 76.6 cm³/mol. The van der Waals surface area contributed by atoms with Crippen LogP contribution in [-0.4, -0.2) is 26.0 Å². The number of aryl methyl sites for hydroxylation is 1. The van der Waals surface area contributed by atoms with Crippen LogP contribution in [0.25, 0.3) is 11.4 Å². The second-order valence-corrected chi connectivity index (χ2v) is 5.78. The van der Waals surface area contributed by atoms with Crippen LogP contribution in [0.2, 0.25) is 0 Å². The predicted octanol–water partition coefficient (Wildman–Crippen LogP) is 2.73. The Balaban J connectivity index is 1.78. The van der Waals surface area contributed by atoms with Crippen molar-refractivity contribution in [1.82, 2.24) is 20.2 Å². The van der Waals surface area contributed by atoms with Crippen LogP contribution in [0.3, 0.4) is 0 Å². The monoisotopic (exact) mass is 302 g/mol. The topological polar surface area (TPSA) is 60.7 Å². The van der Waals surface area contributed by atoms with E-state index in [9.17, 15) is 9.18 Å². The third-order valence-electron chi connectivity index (χ3n) is 2.84. The van der Waals surface area contributed by atoms with Gasteiger partial charge in [-0.25, -0.2) is 4.39 Å². The third kappa shape index (κ3) is 3.03. The van der Waals surface area contributed by atoms with Crippen LogP contribution in [0.4, 0.5) is 4.39 Å². The first-order valence-corrected chi connectivity index (χ1v) is 7.07. The fourth-order valence-corrected chi connectivity index (χ4v) is 2.64. The summed E-state index contributed by atoms with van der Waals surface area (Å²) in [5.41, 5.74) is 0.528. The number of Topliss-reactive ketones (excluding diaryl/α,β-unsaturated/α-hetero) is 1. The van der Waals surface area contributed by atoms with Crippen molar-refractivity contribution in [2.24, 2.45) is 0 Å². The average Bonchev–Trinajstić information content (AvgIpc) is 3.08. The highest BCUT2D eigenvalue weighted by Gasteiger charge is 2.12. The molecule has 0 aliphatic rings. The number of aromatic nitrogens is 4. The van der Waals surface area contributed by atoms with Crippen LogP contribution in [0.15, 0.2) is 36.4 Å². The number of carbonyl (C=O) groups excluding carboxylic acids is 1. The molecule has 3 rings (SSSR count). The molecular formula is C14H11FN4OS. The molecule has 0 bridgehead atoms. The van der Waals surface area contributed by atoms with Crippen molar-refractivity contribution >= 4 is 17.1 Å². The molecule has 0 atom stereocenters. The lowest BCUT2D eigenvalue weighted by Crippen LogP contribution is -2.12. The minimum Gasteiger partial charge on any atom is -0.291 e. The smallest absolute Gasteiger partial charge is 0.205 e. The zero-order chi connectivity index (χ0) is 14.8. The van der Waals surface area contributed by atoms with Gasteiger partial charge in [0.1, 0.15) is 12.4 Å². The first-order chi connectivity index (χ1) is 10.1. The molecule has 7 heteroatoms. The van der Waals surface area contributed by atoms with Crippen molar-refractivity contribution in [2.75, 3.05) is 0 Å². The van der Waals surface area contributed by atoms with Gasteiger partial charge in [-0.2, -0.15) is 4.80 Å². The fourth-order valence-electron chi connectivity index (χ4n) is 1.84. The lowest BCUT2D eigenvalue weighted by Gasteiger charge is -1.96. The molecule has 0 unspecified atom stereocenters. The van der Waals surface area contributed by atoms with E-state index in [1.54, 1.807) is 18.2 Å². The van der Waals surface area contributed by atoms with Gasteiger partial charge >= 0.3 is 0 Å². The third-order valence-corrected chi connectivity index (χ3v) is 3.88. The van der Waals surface area contributed by atoms with Crippen molar-refractivity contribution in [2.45, 2.75) is 13.5 Å². The van der Waals surface area contributed by atoms with Crippen molar-refractivity contribution in [1.29, 1.82) is 0 Å². The van der Waals surface area contributed by atoms with Gasteiger partial charge in [-0.15, -0.1) is 21.5 Å². The number of hydrogen-bond donors (Lipinski definition) is 0. The number of rotatable bonds is 4. The van der Waals surface area contributed by atoms with Gasteiger partial charge in [-0.3, -0.25) is 4.79 Å². The maximum absolute atomic E-state index is 13.2. The van der Waals surface area contributed by atoms with E-state index in [1.807, 2.05) is 13.0 Å². The second-order valence-electron chi connectivity index (χ2n) is 4.49. The van der Waals surface area contributed by atoms with Crippen LogP contribution >= 0.6 is 11.3 Å². The largest absolute Gasteiger partial charge is 0.291 e. The van der Waals surface area contributed by atoms with Crippen LogP contribution in [0, 0.1) is 12.7 Å². The van der Waals surface area contributed by atoms with Gasteiger partial charge in [0.25, 0.3) is 0 Å². The molecule has 0 saturated carbocycles. The van der Waals surface area contributed by atoms with E-state index in [0.717, 1.165) is 4.88 Å². The fraction of sp³-hybridized carbons (Fsp3) is 0.143. The Morgan fingerprint density at radius 2 is 2.19 bits per heavy atom.